The van der Waals surface area contributed by atoms with Crippen molar-refractivity contribution in [1.82, 2.24) is 0 Å². The Balaban J connectivity index is 4.77. The summed E-state index contributed by atoms with van der Waals surface area (Å²) in [6.07, 6.45) is 0. The second kappa shape index (κ2) is 4.61. The van der Waals surface area contributed by atoms with Crippen molar-refractivity contribution in [3.63, 3.8) is 0 Å². The zero-order chi connectivity index (χ0) is 9.94. The number of rotatable bonds is 4. The summed E-state index contributed by atoms with van der Waals surface area (Å²) in [4.78, 5) is 0. The maximum Gasteiger partial charge on any atom is 0.0490 e. The van der Waals surface area contributed by atoms with Crippen molar-refractivity contribution in [3.05, 3.63) is 0 Å². The Hall–Kier alpha value is 0.434. The van der Waals surface area contributed by atoms with Gasteiger partial charge < -0.3 is 0 Å². The molecule has 0 spiro atoms. The second-order valence-electron chi connectivity index (χ2n) is 4.65. The summed E-state index contributed by atoms with van der Waals surface area (Å²) in [5.41, 5.74) is 2.84. The van der Waals surface area contributed by atoms with Crippen molar-refractivity contribution < 1.29 is 0 Å². The molecule has 0 aromatic heterocycles. The monoisotopic (exact) mass is 200 g/mol. The van der Waals surface area contributed by atoms with E-state index in [9.17, 15) is 0 Å². The highest BCUT2D eigenvalue weighted by Gasteiger charge is 2.40. The van der Waals surface area contributed by atoms with Crippen molar-refractivity contribution in [2.45, 2.75) is 64.7 Å². The standard InChI is InChI=1S/C10H24Si2/c1-8(2)12(11-7,9(3)4)10(5)6/h8-10H,1-7H3. The van der Waals surface area contributed by atoms with Crippen LogP contribution >= 0.6 is 0 Å². The van der Waals surface area contributed by atoms with E-state index >= 15 is 0 Å². The third-order valence-corrected chi connectivity index (χ3v) is 17.7. The van der Waals surface area contributed by atoms with Gasteiger partial charge in [-0.1, -0.05) is 64.7 Å². The van der Waals surface area contributed by atoms with Crippen molar-refractivity contribution in [2.24, 2.45) is 0 Å². The third kappa shape index (κ3) is 2.02. The molecular formula is C10H24Si2. The summed E-state index contributed by atoms with van der Waals surface area (Å²) in [5, 5.41) is 0. The van der Waals surface area contributed by atoms with Gasteiger partial charge in [-0.15, -0.1) is 0 Å². The predicted octanol–water partition coefficient (Wildman–Crippen LogP) is 3.91. The molecular weight excluding hydrogens is 176 g/mol. The van der Waals surface area contributed by atoms with Gasteiger partial charge in [0.25, 0.3) is 0 Å². The zero-order valence-corrected chi connectivity index (χ0v) is 11.7. The van der Waals surface area contributed by atoms with E-state index in [1.165, 1.54) is 9.04 Å². The van der Waals surface area contributed by atoms with Gasteiger partial charge in [-0.05, 0) is 0 Å². The minimum atomic E-state index is -0.974. The number of hydrogen-bond acceptors (Lipinski definition) is 0. The molecule has 0 fully saturated rings. The maximum absolute atomic E-state index is 2.43. The van der Waals surface area contributed by atoms with Gasteiger partial charge in [-0.2, -0.15) is 0 Å². The summed E-state index contributed by atoms with van der Waals surface area (Å²) in [6.45, 7) is 17.0. The van der Waals surface area contributed by atoms with Gasteiger partial charge in [0, 0.05) is 16.6 Å². The molecule has 12 heavy (non-hydrogen) atoms. The van der Waals surface area contributed by atoms with Crippen LogP contribution in [-0.4, -0.2) is 16.6 Å². The Morgan fingerprint density at radius 1 is 0.750 bits per heavy atom. The Labute approximate surface area is 81.8 Å². The van der Waals surface area contributed by atoms with Crippen LogP contribution in [0, 0.1) is 0 Å². The quantitative estimate of drug-likeness (QED) is 0.604. The topological polar surface area (TPSA) is 0 Å². The molecule has 0 aromatic carbocycles. The molecule has 0 saturated carbocycles. The Morgan fingerprint density at radius 3 is 1.00 bits per heavy atom. The number of hydrogen-bond donors (Lipinski definition) is 0. The van der Waals surface area contributed by atoms with E-state index in [2.05, 4.69) is 48.1 Å². The Bertz CT molecular complexity index is 106. The first-order valence-corrected chi connectivity index (χ1v) is 9.81. The Morgan fingerprint density at radius 2 is 1.00 bits per heavy atom. The highest BCUT2D eigenvalue weighted by molar-refractivity contribution is 7.26. The van der Waals surface area contributed by atoms with Crippen molar-refractivity contribution in [1.29, 1.82) is 0 Å². The van der Waals surface area contributed by atoms with E-state index in [-0.39, 0.29) is 0 Å². The molecule has 2 radical (unpaired) electrons. The molecule has 0 amide bonds. The fourth-order valence-corrected chi connectivity index (χ4v) is 13.8. The van der Waals surface area contributed by atoms with Crippen molar-refractivity contribution in [3.8, 4) is 0 Å². The smallest absolute Gasteiger partial charge is 0.0490 e. The first kappa shape index (κ1) is 12.4. The molecule has 0 aliphatic rings. The van der Waals surface area contributed by atoms with Crippen LogP contribution in [0.25, 0.3) is 0 Å². The third-order valence-electron chi connectivity index (χ3n) is 3.30. The van der Waals surface area contributed by atoms with E-state index < -0.39 is 7.59 Å². The lowest BCUT2D eigenvalue weighted by Crippen LogP contribution is -2.49. The highest BCUT2D eigenvalue weighted by Crippen LogP contribution is 2.40. The first-order chi connectivity index (χ1) is 5.39. The largest absolute Gasteiger partial charge is 0.0754 e. The van der Waals surface area contributed by atoms with Crippen LogP contribution in [0.15, 0.2) is 0 Å². The van der Waals surface area contributed by atoms with Gasteiger partial charge in [0.1, 0.15) is 0 Å². The molecule has 0 saturated heterocycles. The molecule has 0 aliphatic carbocycles. The summed E-state index contributed by atoms with van der Waals surface area (Å²) in [5.74, 6) is 0. The summed E-state index contributed by atoms with van der Waals surface area (Å²) in [6, 6.07) is 0. The van der Waals surface area contributed by atoms with Gasteiger partial charge in [-0.25, -0.2) is 0 Å². The SMILES string of the molecule is C[Si][Si](C(C)C)(C(C)C)C(C)C. The van der Waals surface area contributed by atoms with E-state index in [1.54, 1.807) is 0 Å². The van der Waals surface area contributed by atoms with Crippen LogP contribution in [0.4, 0.5) is 0 Å². The lowest BCUT2D eigenvalue weighted by Gasteiger charge is -2.42. The average molecular weight is 200 g/mol. The fourth-order valence-electron chi connectivity index (χ4n) is 2.87. The molecule has 0 N–H and O–H groups in total. The normalized spacial score (nSPS) is 13.5. The molecule has 0 nitrogen and oxygen atoms in total. The second-order valence-corrected chi connectivity index (χ2v) is 14.6. The maximum atomic E-state index is 2.43. The Kier molecular flexibility index (Phi) is 4.78. The van der Waals surface area contributed by atoms with Gasteiger partial charge >= 0.3 is 0 Å². The lowest BCUT2D eigenvalue weighted by molar-refractivity contribution is 0.847. The molecule has 0 aromatic rings. The minimum Gasteiger partial charge on any atom is -0.0754 e. The molecule has 0 bridgehead atoms. The van der Waals surface area contributed by atoms with Gasteiger partial charge in [0.2, 0.25) is 0 Å². The first-order valence-electron chi connectivity index (χ1n) is 5.08. The van der Waals surface area contributed by atoms with Crippen LogP contribution in [-0.2, 0) is 0 Å². The van der Waals surface area contributed by atoms with E-state index in [4.69, 9.17) is 0 Å². The molecule has 0 heterocycles. The molecule has 0 aliphatic heterocycles. The van der Waals surface area contributed by atoms with E-state index in [0.29, 0.717) is 0 Å². The highest BCUT2D eigenvalue weighted by atomic mass is 29.2. The molecule has 0 atom stereocenters. The fraction of sp³-hybridized carbons (Fsp3) is 1.00. The van der Waals surface area contributed by atoms with Crippen LogP contribution in [0.1, 0.15) is 41.5 Å². The van der Waals surface area contributed by atoms with E-state index in [0.717, 1.165) is 16.6 Å². The zero-order valence-electron chi connectivity index (χ0n) is 9.73. The lowest BCUT2D eigenvalue weighted by atomic mass is 10.5. The van der Waals surface area contributed by atoms with Crippen LogP contribution in [0.5, 0.6) is 0 Å². The average Bonchev–Trinajstić information content (AvgIpc) is 1.86. The minimum absolute atomic E-state index is 0.945. The van der Waals surface area contributed by atoms with Gasteiger partial charge in [0.05, 0.1) is 0 Å². The summed E-state index contributed by atoms with van der Waals surface area (Å²) >= 11 is 0. The molecule has 0 rings (SSSR count). The molecule has 2 heteroatoms. The van der Waals surface area contributed by atoms with Crippen LogP contribution in [0.3, 0.4) is 0 Å². The van der Waals surface area contributed by atoms with Crippen molar-refractivity contribution in [2.75, 3.05) is 0 Å². The van der Waals surface area contributed by atoms with Gasteiger partial charge in [-0.3, -0.25) is 0 Å². The predicted molar refractivity (Wildman–Crippen MR) is 62.7 cm³/mol. The van der Waals surface area contributed by atoms with E-state index in [1.807, 2.05) is 0 Å². The van der Waals surface area contributed by atoms with Gasteiger partial charge in [0.15, 0.2) is 0 Å². The molecule has 72 valence electrons. The summed E-state index contributed by atoms with van der Waals surface area (Å²) in [7, 11) is 0.225. The van der Waals surface area contributed by atoms with Crippen LogP contribution in [0.2, 0.25) is 23.2 Å². The summed E-state index contributed by atoms with van der Waals surface area (Å²) < 4.78 is 0. The van der Waals surface area contributed by atoms with Crippen LogP contribution < -0.4 is 0 Å². The molecule has 0 unspecified atom stereocenters. The van der Waals surface area contributed by atoms with Crippen molar-refractivity contribution >= 4 is 16.6 Å².